The molecule has 70 valence electrons. The third-order valence-corrected chi connectivity index (χ3v) is 5.24. The van der Waals surface area contributed by atoms with Gasteiger partial charge in [-0.2, -0.15) is 11.8 Å². The molecular weight excluding hydrogens is 315 g/mol. The molecule has 1 saturated heterocycles. The Kier molecular flexibility index (Phi) is 3.31. The van der Waals surface area contributed by atoms with Gasteiger partial charge in [-0.05, 0) is 47.3 Å². The average Bonchev–Trinajstić information content (AvgIpc) is 2.72. The van der Waals surface area contributed by atoms with Gasteiger partial charge in [0.1, 0.15) is 0 Å². The molecule has 13 heavy (non-hydrogen) atoms. The van der Waals surface area contributed by atoms with Crippen LogP contribution in [0.5, 0.6) is 0 Å². The predicted molar refractivity (Wildman–Crippen MR) is 66.8 cm³/mol. The lowest BCUT2D eigenvalue weighted by Crippen LogP contribution is -2.12. The van der Waals surface area contributed by atoms with Gasteiger partial charge in [-0.3, -0.25) is 4.79 Å². The van der Waals surface area contributed by atoms with Crippen molar-refractivity contribution >= 4 is 51.5 Å². The second-order valence-electron chi connectivity index (χ2n) is 3.01. The van der Waals surface area contributed by atoms with Gasteiger partial charge >= 0.3 is 0 Å². The maximum absolute atomic E-state index is 11.8. The van der Waals surface area contributed by atoms with Crippen molar-refractivity contribution in [3.63, 3.8) is 0 Å². The molecule has 1 atom stereocenters. The molecule has 1 unspecified atom stereocenters. The van der Waals surface area contributed by atoms with Crippen molar-refractivity contribution in [2.24, 2.45) is 0 Å². The lowest BCUT2D eigenvalue weighted by molar-refractivity contribution is 0.0989. The Morgan fingerprint density at radius 3 is 3.00 bits per heavy atom. The Bertz CT molecular complexity index is 315. The Morgan fingerprint density at radius 2 is 2.46 bits per heavy atom. The zero-order valence-electron chi connectivity index (χ0n) is 6.96. The van der Waals surface area contributed by atoms with E-state index in [2.05, 4.69) is 22.6 Å². The number of halogens is 1. The molecule has 0 aliphatic carbocycles. The van der Waals surface area contributed by atoms with Crippen molar-refractivity contribution in [2.45, 2.75) is 18.1 Å². The van der Waals surface area contributed by atoms with Crippen LogP contribution >= 0.6 is 45.7 Å². The molecule has 1 aromatic heterocycles. The summed E-state index contributed by atoms with van der Waals surface area (Å²) in [4.78, 5) is 11.8. The van der Waals surface area contributed by atoms with Crippen LogP contribution in [0.4, 0.5) is 0 Å². The number of ketones is 1. The number of Topliss-reactive ketones (excluding diaryl/α,β-unsaturated/α-hetero) is 1. The fourth-order valence-electron chi connectivity index (χ4n) is 1.41. The van der Waals surface area contributed by atoms with E-state index < -0.39 is 0 Å². The Balaban J connectivity index is 2.12. The summed E-state index contributed by atoms with van der Waals surface area (Å²) in [7, 11) is 0. The fraction of sp³-hybridized carbons (Fsp3) is 0.444. The number of hydrogen-bond donors (Lipinski definition) is 0. The van der Waals surface area contributed by atoms with Gasteiger partial charge in [0.25, 0.3) is 0 Å². The van der Waals surface area contributed by atoms with Gasteiger partial charge in [0, 0.05) is 10.9 Å². The molecular formula is C9H9IOS2. The molecule has 1 aromatic rings. The first-order valence-corrected chi connectivity index (χ1v) is 7.18. The van der Waals surface area contributed by atoms with E-state index in [0.29, 0.717) is 5.78 Å². The topological polar surface area (TPSA) is 17.1 Å². The second-order valence-corrected chi connectivity index (χ2v) is 7.12. The highest BCUT2D eigenvalue weighted by molar-refractivity contribution is 14.1. The highest BCUT2D eigenvalue weighted by Gasteiger charge is 2.24. The third-order valence-electron chi connectivity index (χ3n) is 2.07. The SMILES string of the molecule is O=C(c1csc(I)c1)C1CCCS1. The summed E-state index contributed by atoms with van der Waals surface area (Å²) in [5.74, 6) is 1.49. The molecule has 0 saturated carbocycles. The molecule has 1 aliphatic rings. The standard InChI is InChI=1S/C9H9IOS2/c10-8-4-6(5-13-8)9(11)7-2-1-3-12-7/h4-5,7H,1-3H2. The first kappa shape index (κ1) is 9.98. The molecule has 2 heterocycles. The van der Waals surface area contributed by atoms with E-state index in [1.165, 1.54) is 9.30 Å². The van der Waals surface area contributed by atoms with E-state index in [1.807, 2.05) is 23.2 Å². The second kappa shape index (κ2) is 4.31. The molecule has 4 heteroatoms. The van der Waals surface area contributed by atoms with E-state index >= 15 is 0 Å². The van der Waals surface area contributed by atoms with Crippen molar-refractivity contribution < 1.29 is 4.79 Å². The Labute approximate surface area is 99.4 Å². The average molecular weight is 324 g/mol. The molecule has 0 radical (unpaired) electrons. The van der Waals surface area contributed by atoms with Crippen LogP contribution in [0.15, 0.2) is 11.4 Å². The first-order chi connectivity index (χ1) is 6.27. The van der Waals surface area contributed by atoms with Crippen LogP contribution in [0.3, 0.4) is 0 Å². The summed E-state index contributed by atoms with van der Waals surface area (Å²) < 4.78 is 1.20. The van der Waals surface area contributed by atoms with Gasteiger partial charge < -0.3 is 0 Å². The van der Waals surface area contributed by atoms with Crippen molar-refractivity contribution in [3.05, 3.63) is 19.9 Å². The summed E-state index contributed by atoms with van der Waals surface area (Å²) in [6.07, 6.45) is 2.26. The normalized spacial score (nSPS) is 22.1. The largest absolute Gasteiger partial charge is 0.293 e. The van der Waals surface area contributed by atoms with Crippen molar-refractivity contribution in [1.29, 1.82) is 0 Å². The number of rotatable bonds is 2. The lowest BCUT2D eigenvalue weighted by atomic mass is 10.1. The number of thiophene rings is 1. The van der Waals surface area contributed by atoms with Crippen LogP contribution in [0, 0.1) is 2.88 Å². The Hall–Kier alpha value is 0.450. The van der Waals surface area contributed by atoms with Crippen LogP contribution in [0.1, 0.15) is 23.2 Å². The minimum absolute atomic E-state index is 0.241. The van der Waals surface area contributed by atoms with Gasteiger partial charge in [-0.15, -0.1) is 11.3 Å². The van der Waals surface area contributed by atoms with Gasteiger partial charge in [0.15, 0.2) is 5.78 Å². The van der Waals surface area contributed by atoms with E-state index in [0.717, 1.165) is 17.7 Å². The summed E-state index contributed by atoms with van der Waals surface area (Å²) in [6.45, 7) is 0. The van der Waals surface area contributed by atoms with Crippen LogP contribution in [-0.2, 0) is 0 Å². The first-order valence-electron chi connectivity index (χ1n) is 4.17. The van der Waals surface area contributed by atoms with Gasteiger partial charge in [0.05, 0.1) is 8.13 Å². The summed E-state index contributed by atoms with van der Waals surface area (Å²) in [5, 5.41) is 2.22. The van der Waals surface area contributed by atoms with Crippen molar-refractivity contribution in [3.8, 4) is 0 Å². The minimum Gasteiger partial charge on any atom is -0.293 e. The highest BCUT2D eigenvalue weighted by Crippen LogP contribution is 2.30. The van der Waals surface area contributed by atoms with E-state index in [-0.39, 0.29) is 5.25 Å². The summed E-state index contributed by atoms with van der Waals surface area (Å²) in [5.41, 5.74) is 0.911. The molecule has 1 nitrogen and oxygen atoms in total. The lowest BCUT2D eigenvalue weighted by Gasteiger charge is -2.03. The number of carbonyl (C=O) groups is 1. The predicted octanol–water partition coefficient (Wildman–Crippen LogP) is 3.43. The molecule has 0 amide bonds. The zero-order valence-corrected chi connectivity index (χ0v) is 10.7. The minimum atomic E-state index is 0.241. The number of hydrogen-bond acceptors (Lipinski definition) is 3. The highest BCUT2D eigenvalue weighted by atomic mass is 127. The van der Waals surface area contributed by atoms with E-state index in [9.17, 15) is 4.79 Å². The van der Waals surface area contributed by atoms with E-state index in [1.54, 1.807) is 11.3 Å². The number of thioether (sulfide) groups is 1. The van der Waals surface area contributed by atoms with Crippen LogP contribution in [-0.4, -0.2) is 16.8 Å². The maximum Gasteiger partial charge on any atom is 0.176 e. The van der Waals surface area contributed by atoms with Gasteiger partial charge in [-0.1, -0.05) is 0 Å². The molecule has 0 aromatic carbocycles. The smallest absolute Gasteiger partial charge is 0.176 e. The number of carbonyl (C=O) groups excluding carboxylic acids is 1. The molecule has 0 N–H and O–H groups in total. The molecule has 1 aliphatic heterocycles. The summed E-state index contributed by atoms with van der Waals surface area (Å²) in [6, 6.07) is 1.99. The van der Waals surface area contributed by atoms with Crippen molar-refractivity contribution in [1.82, 2.24) is 0 Å². The quantitative estimate of drug-likeness (QED) is 0.612. The summed E-state index contributed by atoms with van der Waals surface area (Å²) >= 11 is 5.71. The van der Waals surface area contributed by atoms with Crippen molar-refractivity contribution in [2.75, 3.05) is 5.75 Å². The third kappa shape index (κ3) is 2.27. The molecule has 2 rings (SSSR count). The zero-order chi connectivity index (χ0) is 9.26. The monoisotopic (exact) mass is 324 g/mol. The van der Waals surface area contributed by atoms with Crippen LogP contribution < -0.4 is 0 Å². The molecule has 1 fully saturated rings. The van der Waals surface area contributed by atoms with Gasteiger partial charge in [0.2, 0.25) is 0 Å². The molecule has 0 bridgehead atoms. The fourth-order valence-corrected chi connectivity index (χ4v) is 3.98. The van der Waals surface area contributed by atoms with Crippen LogP contribution in [0.2, 0.25) is 0 Å². The molecule has 0 spiro atoms. The van der Waals surface area contributed by atoms with E-state index in [4.69, 9.17) is 0 Å². The Morgan fingerprint density at radius 1 is 1.62 bits per heavy atom. The maximum atomic E-state index is 11.8. The van der Waals surface area contributed by atoms with Crippen LogP contribution in [0.25, 0.3) is 0 Å². The van der Waals surface area contributed by atoms with Gasteiger partial charge in [-0.25, -0.2) is 0 Å².